The number of allylic oxidation sites excluding steroid dienone is 1. The summed E-state index contributed by atoms with van der Waals surface area (Å²) >= 11 is 0. The zero-order valence-corrected chi connectivity index (χ0v) is 6.81. The second-order valence-electron chi connectivity index (χ2n) is 2.41. The Morgan fingerprint density at radius 2 is 2.00 bits per heavy atom. The second kappa shape index (κ2) is 5.03. The molecule has 0 heterocycles. The van der Waals surface area contributed by atoms with E-state index in [1.54, 1.807) is 0 Å². The number of carbonyl (C=O) groups is 1. The molecule has 0 spiro atoms. The average Bonchev–Trinajstić information content (AvgIpc) is 1.79. The zero-order chi connectivity index (χ0) is 7.98. The summed E-state index contributed by atoms with van der Waals surface area (Å²) in [6.07, 6.45) is 2.87. The van der Waals surface area contributed by atoms with Gasteiger partial charge >= 0.3 is 5.97 Å². The summed E-state index contributed by atoms with van der Waals surface area (Å²) in [7, 11) is 0. The topological polar surface area (TPSA) is 26.3 Å². The second-order valence-corrected chi connectivity index (χ2v) is 2.41. The van der Waals surface area contributed by atoms with Crippen LogP contribution in [0, 0.1) is 0 Å². The molecule has 0 N–H and O–H groups in total. The van der Waals surface area contributed by atoms with Gasteiger partial charge in [-0.15, -0.1) is 0 Å². The lowest BCUT2D eigenvalue weighted by Crippen LogP contribution is -1.98. The third-order valence-electron chi connectivity index (χ3n) is 0.976. The van der Waals surface area contributed by atoms with E-state index in [1.165, 1.54) is 12.5 Å². The van der Waals surface area contributed by atoms with Gasteiger partial charge in [-0.3, -0.25) is 4.79 Å². The van der Waals surface area contributed by atoms with Gasteiger partial charge in [0.1, 0.15) is 0 Å². The van der Waals surface area contributed by atoms with Gasteiger partial charge in [0.25, 0.3) is 0 Å². The van der Waals surface area contributed by atoms with Crippen molar-refractivity contribution in [2.45, 2.75) is 27.2 Å². The Labute approximate surface area is 61.9 Å². The van der Waals surface area contributed by atoms with Crippen molar-refractivity contribution >= 4 is 5.97 Å². The van der Waals surface area contributed by atoms with Crippen LogP contribution >= 0.6 is 0 Å². The van der Waals surface area contributed by atoms with Crippen LogP contribution in [0.25, 0.3) is 0 Å². The molecule has 0 amide bonds. The predicted molar refractivity (Wildman–Crippen MR) is 40.7 cm³/mol. The van der Waals surface area contributed by atoms with E-state index in [2.05, 4.69) is 0 Å². The van der Waals surface area contributed by atoms with Crippen LogP contribution in [0.3, 0.4) is 0 Å². The van der Waals surface area contributed by atoms with Gasteiger partial charge in [-0.05, 0) is 20.3 Å². The van der Waals surface area contributed by atoms with Gasteiger partial charge < -0.3 is 4.74 Å². The number of ether oxygens (including phenoxy) is 1. The Kier molecular flexibility index (Phi) is 4.63. The Morgan fingerprint density at radius 1 is 1.40 bits per heavy atom. The Balaban J connectivity index is 3.21. The third kappa shape index (κ3) is 7.21. The molecule has 58 valence electrons. The van der Waals surface area contributed by atoms with Gasteiger partial charge in [-0.25, -0.2) is 0 Å². The van der Waals surface area contributed by atoms with E-state index in [0.717, 1.165) is 6.42 Å². The van der Waals surface area contributed by atoms with Crippen molar-refractivity contribution in [3.8, 4) is 0 Å². The highest BCUT2D eigenvalue weighted by atomic mass is 16.5. The molecule has 0 aromatic heterocycles. The molecule has 0 aliphatic heterocycles. The van der Waals surface area contributed by atoms with Gasteiger partial charge in [-0.1, -0.05) is 11.6 Å². The van der Waals surface area contributed by atoms with E-state index < -0.39 is 0 Å². The van der Waals surface area contributed by atoms with Crippen molar-refractivity contribution in [3.05, 3.63) is 11.6 Å². The van der Waals surface area contributed by atoms with E-state index in [9.17, 15) is 4.79 Å². The van der Waals surface area contributed by atoms with Crippen molar-refractivity contribution in [3.63, 3.8) is 0 Å². The summed E-state index contributed by atoms with van der Waals surface area (Å²) in [5.74, 6) is -0.206. The highest BCUT2D eigenvalue weighted by Gasteiger charge is 1.88. The molecule has 0 fully saturated rings. The summed E-state index contributed by atoms with van der Waals surface area (Å²) in [6.45, 7) is 5.96. The summed E-state index contributed by atoms with van der Waals surface area (Å²) in [4.78, 5) is 10.2. The van der Waals surface area contributed by atoms with Crippen LogP contribution in [0.2, 0.25) is 0 Å². The molecule has 0 aromatic rings. The van der Waals surface area contributed by atoms with Gasteiger partial charge in [0.2, 0.25) is 0 Å². The molecule has 0 radical (unpaired) electrons. The monoisotopic (exact) mass is 142 g/mol. The molecule has 2 heteroatoms. The number of rotatable bonds is 3. The Morgan fingerprint density at radius 3 is 2.40 bits per heavy atom. The number of hydrogen-bond acceptors (Lipinski definition) is 2. The van der Waals surface area contributed by atoms with Crippen LogP contribution in [0.5, 0.6) is 0 Å². The van der Waals surface area contributed by atoms with Crippen LogP contribution in [0.4, 0.5) is 0 Å². The predicted octanol–water partition coefficient (Wildman–Crippen LogP) is 1.91. The molecular weight excluding hydrogens is 128 g/mol. The fraction of sp³-hybridized carbons (Fsp3) is 0.625. The van der Waals surface area contributed by atoms with E-state index in [4.69, 9.17) is 4.74 Å². The van der Waals surface area contributed by atoms with Crippen molar-refractivity contribution in [1.82, 2.24) is 0 Å². The summed E-state index contributed by atoms with van der Waals surface area (Å²) < 4.78 is 4.71. The van der Waals surface area contributed by atoms with Crippen LogP contribution in [0.15, 0.2) is 11.6 Å². The molecule has 0 bridgehead atoms. The maximum atomic E-state index is 10.2. The minimum Gasteiger partial charge on any atom is -0.466 e. The van der Waals surface area contributed by atoms with E-state index in [1.807, 2.05) is 19.9 Å². The molecular formula is C8H14O2. The first kappa shape index (κ1) is 9.21. The average molecular weight is 142 g/mol. The standard InChI is InChI=1S/C8H14O2/c1-7(2)5-4-6-10-8(3)9/h5H,4,6H2,1-3H3. The van der Waals surface area contributed by atoms with Crippen molar-refractivity contribution < 1.29 is 9.53 Å². The lowest BCUT2D eigenvalue weighted by Gasteiger charge is -1.96. The zero-order valence-electron chi connectivity index (χ0n) is 6.81. The molecule has 2 nitrogen and oxygen atoms in total. The van der Waals surface area contributed by atoms with Crippen LogP contribution in [0.1, 0.15) is 27.2 Å². The quantitative estimate of drug-likeness (QED) is 0.342. The first-order valence-electron chi connectivity index (χ1n) is 3.39. The Bertz CT molecular complexity index is 132. The molecule has 0 unspecified atom stereocenters. The normalized spacial score (nSPS) is 8.70. The van der Waals surface area contributed by atoms with Gasteiger partial charge in [0.15, 0.2) is 0 Å². The van der Waals surface area contributed by atoms with Crippen molar-refractivity contribution in [2.24, 2.45) is 0 Å². The highest BCUT2D eigenvalue weighted by Crippen LogP contribution is 1.92. The summed E-state index contributed by atoms with van der Waals surface area (Å²) in [5.41, 5.74) is 1.26. The number of hydrogen-bond donors (Lipinski definition) is 0. The van der Waals surface area contributed by atoms with Crippen molar-refractivity contribution in [1.29, 1.82) is 0 Å². The maximum Gasteiger partial charge on any atom is 0.302 e. The molecule has 0 aromatic carbocycles. The molecule has 0 aliphatic rings. The minimum absolute atomic E-state index is 0.206. The smallest absolute Gasteiger partial charge is 0.302 e. The molecule has 0 rings (SSSR count). The first-order valence-corrected chi connectivity index (χ1v) is 3.39. The summed E-state index contributed by atoms with van der Waals surface area (Å²) in [6, 6.07) is 0. The van der Waals surface area contributed by atoms with Crippen LogP contribution in [-0.2, 0) is 9.53 Å². The van der Waals surface area contributed by atoms with Gasteiger partial charge in [0.05, 0.1) is 6.61 Å². The van der Waals surface area contributed by atoms with Gasteiger partial charge in [-0.2, -0.15) is 0 Å². The number of esters is 1. The van der Waals surface area contributed by atoms with E-state index >= 15 is 0 Å². The third-order valence-corrected chi connectivity index (χ3v) is 0.976. The molecule has 0 aliphatic carbocycles. The maximum absolute atomic E-state index is 10.2. The summed E-state index contributed by atoms with van der Waals surface area (Å²) in [5, 5.41) is 0. The first-order chi connectivity index (χ1) is 4.63. The fourth-order valence-corrected chi connectivity index (χ4v) is 0.550. The number of carbonyl (C=O) groups excluding carboxylic acids is 1. The highest BCUT2D eigenvalue weighted by molar-refractivity contribution is 5.65. The van der Waals surface area contributed by atoms with Crippen LogP contribution < -0.4 is 0 Å². The van der Waals surface area contributed by atoms with E-state index in [0.29, 0.717) is 6.61 Å². The van der Waals surface area contributed by atoms with Crippen molar-refractivity contribution in [2.75, 3.05) is 6.61 Å². The minimum atomic E-state index is -0.206. The molecule has 0 saturated heterocycles. The molecule has 0 saturated carbocycles. The lowest BCUT2D eigenvalue weighted by molar-refractivity contribution is -0.140. The fourth-order valence-electron chi connectivity index (χ4n) is 0.550. The molecule has 0 atom stereocenters. The lowest BCUT2D eigenvalue weighted by atomic mass is 10.3. The SMILES string of the molecule is CC(=O)OCCC=C(C)C. The largest absolute Gasteiger partial charge is 0.466 e. The van der Waals surface area contributed by atoms with Crippen LogP contribution in [-0.4, -0.2) is 12.6 Å². The van der Waals surface area contributed by atoms with E-state index in [-0.39, 0.29) is 5.97 Å². The molecule has 10 heavy (non-hydrogen) atoms. The Hall–Kier alpha value is -0.790. The van der Waals surface area contributed by atoms with Gasteiger partial charge in [0, 0.05) is 6.92 Å².